The molecule has 1 aromatic heterocycles. The fourth-order valence-electron chi connectivity index (χ4n) is 1.87. The van der Waals surface area contributed by atoms with Crippen molar-refractivity contribution >= 4 is 5.97 Å². The quantitative estimate of drug-likeness (QED) is 0.830. The Hall–Kier alpha value is -1.49. The molecule has 1 heterocycles. The van der Waals surface area contributed by atoms with Crippen LogP contribution in [0.4, 0.5) is 0 Å². The number of aliphatic carboxylic acids is 1. The highest BCUT2D eigenvalue weighted by molar-refractivity contribution is 5.74. The Labute approximate surface area is 94.5 Å². The van der Waals surface area contributed by atoms with Gasteiger partial charge >= 0.3 is 5.97 Å². The minimum Gasteiger partial charge on any atom is -0.479 e. The van der Waals surface area contributed by atoms with Gasteiger partial charge in [-0.05, 0) is 6.92 Å². The third kappa shape index (κ3) is 2.19. The molecule has 1 aromatic rings. The van der Waals surface area contributed by atoms with E-state index in [-0.39, 0.29) is 0 Å². The number of nitrogens with zero attached hydrogens (tertiary/aromatic N) is 2. The van der Waals surface area contributed by atoms with Crippen LogP contribution < -0.4 is 0 Å². The molecule has 1 atom stereocenters. The number of aryl methyl sites for hydroxylation is 1. The first-order valence-electron chi connectivity index (χ1n) is 4.95. The second-order valence-corrected chi connectivity index (χ2v) is 4.17. The normalized spacial score (nSPS) is 13.5. The van der Waals surface area contributed by atoms with E-state index in [1.165, 1.54) is 7.11 Å². The van der Waals surface area contributed by atoms with Gasteiger partial charge in [-0.15, -0.1) is 0 Å². The molecule has 1 N–H and O–H groups in total. The third-order valence-corrected chi connectivity index (χ3v) is 2.61. The highest BCUT2D eigenvalue weighted by Crippen LogP contribution is 2.28. The van der Waals surface area contributed by atoms with Crippen molar-refractivity contribution in [2.75, 3.05) is 7.11 Å². The average Bonchev–Trinajstić information content (AvgIpc) is 2.17. The Morgan fingerprint density at radius 2 is 2.00 bits per heavy atom. The molecule has 0 saturated heterocycles. The molecular formula is C11H16N2O3. The summed E-state index contributed by atoms with van der Waals surface area (Å²) in [7, 11) is 1.38. The van der Waals surface area contributed by atoms with Gasteiger partial charge in [0.2, 0.25) is 0 Å². The summed E-state index contributed by atoms with van der Waals surface area (Å²) in [5.41, 5.74) is 0.638. The molecule has 0 radical (unpaired) electrons. The number of rotatable bonds is 4. The molecule has 0 fully saturated rings. The third-order valence-electron chi connectivity index (χ3n) is 2.61. The molecule has 88 valence electrons. The molecule has 0 aliphatic heterocycles. The van der Waals surface area contributed by atoms with Crippen molar-refractivity contribution in [1.82, 2.24) is 9.97 Å². The minimum absolute atomic E-state index is 0.643. The van der Waals surface area contributed by atoms with Gasteiger partial charge in [-0.3, -0.25) is 9.97 Å². The molecule has 0 saturated carbocycles. The van der Waals surface area contributed by atoms with Crippen molar-refractivity contribution in [3.8, 4) is 0 Å². The summed E-state index contributed by atoms with van der Waals surface area (Å²) >= 11 is 0. The van der Waals surface area contributed by atoms with Gasteiger partial charge in [0.25, 0.3) is 0 Å². The molecule has 5 nitrogen and oxygen atoms in total. The number of aromatic nitrogens is 2. The summed E-state index contributed by atoms with van der Waals surface area (Å²) in [6.07, 6.45) is 2.19. The second-order valence-electron chi connectivity index (χ2n) is 4.17. The van der Waals surface area contributed by atoms with Crippen LogP contribution in [0.2, 0.25) is 0 Å². The van der Waals surface area contributed by atoms with E-state index < -0.39 is 17.5 Å². The summed E-state index contributed by atoms with van der Waals surface area (Å²) in [4.78, 5) is 19.4. The summed E-state index contributed by atoms with van der Waals surface area (Å²) in [5.74, 6) is -1.00. The van der Waals surface area contributed by atoms with Gasteiger partial charge in [0, 0.05) is 24.9 Å². The van der Waals surface area contributed by atoms with Crippen LogP contribution in [0.3, 0.4) is 0 Å². The zero-order chi connectivity index (χ0) is 12.3. The lowest BCUT2D eigenvalue weighted by molar-refractivity contribution is -0.152. The van der Waals surface area contributed by atoms with Crippen LogP contribution in [0, 0.1) is 6.92 Å². The first-order valence-corrected chi connectivity index (χ1v) is 4.95. The maximum Gasteiger partial charge on any atom is 0.333 e. The molecule has 0 spiro atoms. The van der Waals surface area contributed by atoms with E-state index in [4.69, 9.17) is 9.84 Å². The van der Waals surface area contributed by atoms with Crippen LogP contribution in [0.1, 0.15) is 25.2 Å². The predicted molar refractivity (Wildman–Crippen MR) is 58.2 cm³/mol. The molecule has 16 heavy (non-hydrogen) atoms. The molecule has 1 rings (SSSR count). The number of carboxylic acids is 1. The average molecular weight is 224 g/mol. The Kier molecular flexibility index (Phi) is 3.59. The van der Waals surface area contributed by atoms with Gasteiger partial charge in [-0.1, -0.05) is 13.8 Å². The smallest absolute Gasteiger partial charge is 0.333 e. The standard InChI is InChI=1S/C11H16N2O3/c1-7-8(13-6-5-12-7)11(2,3)9(16-4)10(14)15/h5-6,9H,1-4H3,(H,14,15). The first-order chi connectivity index (χ1) is 7.41. The summed E-state index contributed by atoms with van der Waals surface area (Å²) in [6.45, 7) is 5.37. The molecule has 1 unspecified atom stereocenters. The lowest BCUT2D eigenvalue weighted by Crippen LogP contribution is -2.42. The van der Waals surface area contributed by atoms with Gasteiger partial charge in [0.15, 0.2) is 6.10 Å². The SMILES string of the molecule is COC(C(=O)O)C(C)(C)c1nccnc1C. The van der Waals surface area contributed by atoms with Crippen LogP contribution in [0.15, 0.2) is 12.4 Å². The second kappa shape index (κ2) is 4.57. The molecule has 0 bridgehead atoms. The van der Waals surface area contributed by atoms with Crippen LogP contribution in [-0.2, 0) is 14.9 Å². The van der Waals surface area contributed by atoms with E-state index in [9.17, 15) is 4.79 Å². The number of carbonyl (C=O) groups is 1. The first kappa shape index (κ1) is 12.6. The summed E-state index contributed by atoms with van der Waals surface area (Å²) in [6, 6.07) is 0. The lowest BCUT2D eigenvalue weighted by atomic mass is 9.81. The topological polar surface area (TPSA) is 72.3 Å². The van der Waals surface area contributed by atoms with E-state index in [0.717, 1.165) is 5.69 Å². The van der Waals surface area contributed by atoms with Gasteiger partial charge in [0.1, 0.15) is 0 Å². The monoisotopic (exact) mass is 224 g/mol. The van der Waals surface area contributed by atoms with Crippen LogP contribution in [0.25, 0.3) is 0 Å². The lowest BCUT2D eigenvalue weighted by Gasteiger charge is -2.30. The number of ether oxygens (including phenoxy) is 1. The van der Waals surface area contributed by atoms with E-state index in [0.29, 0.717) is 5.69 Å². The predicted octanol–water partition coefficient (Wildman–Crippen LogP) is 1.16. The van der Waals surface area contributed by atoms with Gasteiger partial charge in [-0.2, -0.15) is 0 Å². The molecule has 0 aliphatic carbocycles. The maximum atomic E-state index is 11.1. The van der Waals surface area contributed by atoms with Crippen molar-refractivity contribution in [2.45, 2.75) is 32.3 Å². The van der Waals surface area contributed by atoms with Crippen molar-refractivity contribution < 1.29 is 14.6 Å². The minimum atomic E-state index is -1.00. The number of hydrogen-bond donors (Lipinski definition) is 1. The molecule has 5 heteroatoms. The van der Waals surface area contributed by atoms with Crippen molar-refractivity contribution in [2.24, 2.45) is 0 Å². The highest BCUT2D eigenvalue weighted by Gasteiger charge is 2.39. The summed E-state index contributed by atoms with van der Waals surface area (Å²) in [5, 5.41) is 9.09. The Morgan fingerprint density at radius 3 is 2.44 bits per heavy atom. The molecule has 0 amide bonds. The van der Waals surface area contributed by atoms with E-state index >= 15 is 0 Å². The zero-order valence-corrected chi connectivity index (χ0v) is 9.89. The number of carboxylic acid groups (broad SMARTS) is 1. The number of hydrogen-bond acceptors (Lipinski definition) is 4. The van der Waals surface area contributed by atoms with Crippen LogP contribution in [0.5, 0.6) is 0 Å². The fourth-order valence-corrected chi connectivity index (χ4v) is 1.87. The Bertz CT molecular complexity index is 391. The van der Waals surface area contributed by atoms with Crippen LogP contribution in [-0.4, -0.2) is 34.3 Å². The maximum absolute atomic E-state index is 11.1. The zero-order valence-electron chi connectivity index (χ0n) is 9.89. The molecular weight excluding hydrogens is 208 g/mol. The van der Waals surface area contributed by atoms with Crippen molar-refractivity contribution in [1.29, 1.82) is 0 Å². The van der Waals surface area contributed by atoms with E-state index in [2.05, 4.69) is 9.97 Å². The Morgan fingerprint density at radius 1 is 1.44 bits per heavy atom. The highest BCUT2D eigenvalue weighted by atomic mass is 16.5. The van der Waals surface area contributed by atoms with Gasteiger partial charge < -0.3 is 9.84 Å². The largest absolute Gasteiger partial charge is 0.479 e. The van der Waals surface area contributed by atoms with Crippen LogP contribution >= 0.6 is 0 Å². The molecule has 0 aliphatic rings. The van der Waals surface area contributed by atoms with Crippen molar-refractivity contribution in [3.05, 3.63) is 23.8 Å². The van der Waals surface area contributed by atoms with Gasteiger partial charge in [0.05, 0.1) is 11.4 Å². The number of methoxy groups -OCH3 is 1. The Balaban J connectivity index is 3.19. The van der Waals surface area contributed by atoms with Crippen molar-refractivity contribution in [3.63, 3.8) is 0 Å². The van der Waals surface area contributed by atoms with E-state index in [1.807, 2.05) is 0 Å². The summed E-state index contributed by atoms with van der Waals surface area (Å²) < 4.78 is 5.02. The van der Waals surface area contributed by atoms with Gasteiger partial charge in [-0.25, -0.2) is 4.79 Å². The van der Waals surface area contributed by atoms with E-state index in [1.54, 1.807) is 33.2 Å². The molecule has 0 aromatic carbocycles. The fraction of sp³-hybridized carbons (Fsp3) is 0.545.